The van der Waals surface area contributed by atoms with Gasteiger partial charge in [0.1, 0.15) is 6.10 Å². The largest absolute Gasteiger partial charge is 0.390 e. The highest BCUT2D eigenvalue weighted by Crippen LogP contribution is 2.19. The molecule has 0 fully saturated rings. The Bertz CT molecular complexity index is 465. The molecule has 7 N–H and O–H groups in total. The number of nitrogens with two attached hydrogens (primary N) is 1. The smallest absolute Gasteiger partial charge is 0.315 e. The van der Waals surface area contributed by atoms with Crippen molar-refractivity contribution >= 4 is 17.8 Å². The van der Waals surface area contributed by atoms with Gasteiger partial charge in [-0.3, -0.25) is 9.59 Å². The van der Waals surface area contributed by atoms with Crippen LogP contribution in [0.4, 0.5) is 4.79 Å². The van der Waals surface area contributed by atoms with Gasteiger partial charge in [-0.25, -0.2) is 4.79 Å². The fourth-order valence-corrected chi connectivity index (χ4v) is 1.99. The molecule has 0 aromatic carbocycles. The van der Waals surface area contributed by atoms with Crippen molar-refractivity contribution in [1.82, 2.24) is 16.0 Å². The number of aliphatic hydroxyl groups is 2. The lowest BCUT2D eigenvalue weighted by molar-refractivity contribution is -0.123. The zero-order valence-electron chi connectivity index (χ0n) is 12.3. The Balaban J connectivity index is 2.72. The van der Waals surface area contributed by atoms with E-state index in [0.717, 1.165) is 6.42 Å². The second kappa shape index (κ2) is 8.35. The summed E-state index contributed by atoms with van der Waals surface area (Å²) < 4.78 is 0. The van der Waals surface area contributed by atoms with Crippen molar-refractivity contribution in [1.29, 1.82) is 0 Å². The van der Waals surface area contributed by atoms with Gasteiger partial charge in [-0.15, -0.1) is 0 Å². The van der Waals surface area contributed by atoms with Crippen molar-refractivity contribution in [2.24, 2.45) is 5.73 Å². The van der Waals surface area contributed by atoms with Gasteiger partial charge in [0.05, 0.1) is 18.7 Å². The van der Waals surface area contributed by atoms with Crippen LogP contribution in [-0.4, -0.2) is 59.4 Å². The summed E-state index contributed by atoms with van der Waals surface area (Å²) in [4.78, 5) is 34.1. The predicted octanol–water partition coefficient (Wildman–Crippen LogP) is -2.28. The van der Waals surface area contributed by atoms with Crippen molar-refractivity contribution in [3.8, 4) is 0 Å². The average molecular weight is 314 g/mol. The highest BCUT2D eigenvalue weighted by molar-refractivity contribution is 5.96. The topological polar surface area (TPSA) is 154 Å². The van der Waals surface area contributed by atoms with Gasteiger partial charge in [-0.1, -0.05) is 13.0 Å². The van der Waals surface area contributed by atoms with Crippen LogP contribution in [0.15, 0.2) is 11.6 Å². The van der Waals surface area contributed by atoms with Gasteiger partial charge in [0.2, 0.25) is 11.8 Å². The number of hydrogen-bond donors (Lipinski definition) is 6. The van der Waals surface area contributed by atoms with Crippen LogP contribution in [0.5, 0.6) is 0 Å². The molecule has 0 saturated heterocycles. The molecule has 0 radical (unpaired) electrons. The lowest BCUT2D eigenvalue weighted by Gasteiger charge is -2.31. The third-order valence-electron chi connectivity index (χ3n) is 3.12. The Morgan fingerprint density at radius 3 is 2.59 bits per heavy atom. The van der Waals surface area contributed by atoms with E-state index in [0.29, 0.717) is 6.54 Å². The van der Waals surface area contributed by atoms with Crippen LogP contribution in [-0.2, 0) is 9.59 Å². The number of hydrogen-bond acceptors (Lipinski definition) is 5. The van der Waals surface area contributed by atoms with Crippen LogP contribution in [0.25, 0.3) is 0 Å². The van der Waals surface area contributed by atoms with E-state index in [-0.39, 0.29) is 18.5 Å². The lowest BCUT2D eigenvalue weighted by atomic mass is 9.90. The zero-order chi connectivity index (χ0) is 16.7. The highest BCUT2D eigenvalue weighted by atomic mass is 16.3. The zero-order valence-corrected chi connectivity index (χ0v) is 12.3. The maximum absolute atomic E-state index is 11.8. The van der Waals surface area contributed by atoms with Gasteiger partial charge in [0.15, 0.2) is 0 Å². The molecule has 22 heavy (non-hydrogen) atoms. The van der Waals surface area contributed by atoms with Crippen LogP contribution >= 0.6 is 0 Å². The summed E-state index contributed by atoms with van der Waals surface area (Å²) >= 11 is 0. The maximum Gasteiger partial charge on any atom is 0.315 e. The molecule has 124 valence electrons. The van der Waals surface area contributed by atoms with Gasteiger partial charge in [-0.2, -0.15) is 0 Å². The molecule has 9 heteroatoms. The standard InChI is InChI=1S/C13H22N4O5/c1-2-3-15-13(22)17-8-4-7(5-9(18)11(8)20)12(21)16-6-10(14)19/h4,8-9,11,18,20H,2-3,5-6H2,1H3,(H2,14,19)(H,16,21)(H2,15,17,22)/t8-,9-,11-/m1/s1. The summed E-state index contributed by atoms with van der Waals surface area (Å²) in [6.07, 6.45) is -0.393. The minimum absolute atomic E-state index is 0.0828. The van der Waals surface area contributed by atoms with E-state index >= 15 is 0 Å². The third kappa shape index (κ3) is 5.34. The summed E-state index contributed by atoms with van der Waals surface area (Å²) in [6.45, 7) is 2.03. The average Bonchev–Trinajstić information content (AvgIpc) is 2.46. The second-order valence-electron chi connectivity index (χ2n) is 5.03. The fourth-order valence-electron chi connectivity index (χ4n) is 1.99. The van der Waals surface area contributed by atoms with Crippen LogP contribution in [0.1, 0.15) is 19.8 Å². The van der Waals surface area contributed by atoms with Gasteiger partial charge < -0.3 is 31.9 Å². The van der Waals surface area contributed by atoms with Crippen LogP contribution in [0, 0.1) is 0 Å². The summed E-state index contributed by atoms with van der Waals surface area (Å²) in [7, 11) is 0. The minimum Gasteiger partial charge on any atom is -0.390 e. The van der Waals surface area contributed by atoms with Crippen molar-refractivity contribution in [2.75, 3.05) is 13.1 Å². The van der Waals surface area contributed by atoms with Crippen molar-refractivity contribution in [2.45, 2.75) is 38.0 Å². The van der Waals surface area contributed by atoms with E-state index in [9.17, 15) is 24.6 Å². The molecule has 0 bridgehead atoms. The molecule has 0 aliphatic heterocycles. The molecule has 1 rings (SSSR count). The first-order chi connectivity index (χ1) is 10.3. The van der Waals surface area contributed by atoms with Crippen LogP contribution in [0.2, 0.25) is 0 Å². The normalized spacial score (nSPS) is 24.1. The fraction of sp³-hybridized carbons (Fsp3) is 0.615. The van der Waals surface area contributed by atoms with Gasteiger partial charge in [0, 0.05) is 18.5 Å². The van der Waals surface area contributed by atoms with Crippen LogP contribution in [0.3, 0.4) is 0 Å². The lowest BCUT2D eigenvalue weighted by Crippen LogP contribution is -2.53. The first-order valence-electron chi connectivity index (χ1n) is 7.02. The monoisotopic (exact) mass is 314 g/mol. The molecule has 1 aliphatic rings. The molecule has 0 saturated carbocycles. The van der Waals surface area contributed by atoms with E-state index in [1.54, 1.807) is 0 Å². The summed E-state index contributed by atoms with van der Waals surface area (Å²) in [5, 5.41) is 27.0. The molecule has 0 spiro atoms. The molecular weight excluding hydrogens is 292 g/mol. The Morgan fingerprint density at radius 2 is 2.00 bits per heavy atom. The molecule has 0 heterocycles. The van der Waals surface area contributed by atoms with Crippen molar-refractivity contribution < 1.29 is 24.6 Å². The van der Waals surface area contributed by atoms with E-state index in [4.69, 9.17) is 5.73 Å². The quantitative estimate of drug-likeness (QED) is 0.326. The number of nitrogens with one attached hydrogen (secondary N) is 3. The molecule has 1 aliphatic carbocycles. The summed E-state index contributed by atoms with van der Waals surface area (Å²) in [5.41, 5.74) is 5.10. The molecule has 4 amide bonds. The summed E-state index contributed by atoms with van der Waals surface area (Å²) in [6, 6.07) is -1.41. The molecule has 0 aromatic rings. The Labute approximate surface area is 127 Å². The third-order valence-corrected chi connectivity index (χ3v) is 3.12. The highest BCUT2D eigenvalue weighted by Gasteiger charge is 2.33. The number of carbonyl (C=O) groups is 3. The van der Waals surface area contributed by atoms with Crippen molar-refractivity contribution in [3.63, 3.8) is 0 Å². The maximum atomic E-state index is 11.8. The van der Waals surface area contributed by atoms with Crippen LogP contribution < -0.4 is 21.7 Å². The van der Waals surface area contributed by atoms with E-state index in [1.807, 2.05) is 6.92 Å². The Morgan fingerprint density at radius 1 is 1.32 bits per heavy atom. The van der Waals surface area contributed by atoms with E-state index in [2.05, 4.69) is 16.0 Å². The minimum atomic E-state index is -1.22. The first-order valence-corrected chi connectivity index (χ1v) is 7.02. The predicted molar refractivity (Wildman–Crippen MR) is 77.5 cm³/mol. The second-order valence-corrected chi connectivity index (χ2v) is 5.03. The van der Waals surface area contributed by atoms with Gasteiger partial charge >= 0.3 is 6.03 Å². The molecule has 0 aromatic heterocycles. The number of amides is 4. The number of primary amides is 1. The molecule has 0 unspecified atom stereocenters. The number of rotatable bonds is 6. The molecule has 3 atom stereocenters. The first kappa shape index (κ1) is 17.9. The SMILES string of the molecule is CCCNC(=O)N[C@@H]1C=C(C(=O)NCC(N)=O)C[C@@H](O)[C@@H]1O. The summed E-state index contributed by atoms with van der Waals surface area (Å²) in [5.74, 6) is -1.27. The van der Waals surface area contributed by atoms with Gasteiger partial charge in [-0.05, 0) is 6.42 Å². The Hall–Kier alpha value is -2.13. The Kier molecular flexibility index (Phi) is 6.80. The molecule has 9 nitrogen and oxygen atoms in total. The van der Waals surface area contributed by atoms with E-state index in [1.165, 1.54) is 6.08 Å². The number of urea groups is 1. The van der Waals surface area contributed by atoms with Gasteiger partial charge in [0.25, 0.3) is 0 Å². The number of aliphatic hydroxyl groups excluding tert-OH is 2. The van der Waals surface area contributed by atoms with Crippen molar-refractivity contribution in [3.05, 3.63) is 11.6 Å². The van der Waals surface area contributed by atoms with E-state index < -0.39 is 36.1 Å². The number of carbonyl (C=O) groups excluding carboxylic acids is 3. The molecular formula is C13H22N4O5.